The zero-order valence-electron chi connectivity index (χ0n) is 10.5. The second-order valence-corrected chi connectivity index (χ2v) is 4.72. The van der Waals surface area contributed by atoms with Crippen molar-refractivity contribution in [3.63, 3.8) is 0 Å². The van der Waals surface area contributed by atoms with E-state index in [0.29, 0.717) is 13.1 Å². The van der Waals surface area contributed by atoms with Crippen LogP contribution in [-0.2, 0) is 6.54 Å². The molecule has 1 aromatic carbocycles. The van der Waals surface area contributed by atoms with Crippen molar-refractivity contribution >= 4 is 23.4 Å². The Balaban J connectivity index is 2.06. The molecule has 1 heterocycles. The van der Waals surface area contributed by atoms with Crippen LogP contribution in [0.25, 0.3) is 0 Å². The maximum absolute atomic E-state index is 12.0. The van der Waals surface area contributed by atoms with Crippen LogP contribution in [0.2, 0.25) is 0 Å². The minimum Gasteiger partial charge on any atom is -0.329 e. The summed E-state index contributed by atoms with van der Waals surface area (Å²) in [6.07, 6.45) is 3.57. The van der Waals surface area contributed by atoms with Gasteiger partial charge in [0.05, 0.1) is 12.7 Å². The number of carbonyl (C=O) groups is 1. The van der Waals surface area contributed by atoms with Gasteiger partial charge in [0, 0.05) is 17.1 Å². The van der Waals surface area contributed by atoms with Gasteiger partial charge in [-0.1, -0.05) is 11.3 Å². The molecule has 3 N–H and O–H groups in total. The van der Waals surface area contributed by atoms with E-state index < -0.39 is 0 Å². The Morgan fingerprint density at radius 2 is 2.37 bits per heavy atom. The van der Waals surface area contributed by atoms with E-state index >= 15 is 0 Å². The number of hydrogen-bond acceptors (Lipinski definition) is 5. The quantitative estimate of drug-likeness (QED) is 0.802. The predicted molar refractivity (Wildman–Crippen MR) is 75.3 cm³/mol. The van der Waals surface area contributed by atoms with Crippen molar-refractivity contribution in [2.24, 2.45) is 5.73 Å². The van der Waals surface area contributed by atoms with E-state index in [9.17, 15) is 4.79 Å². The normalized spacial score (nSPS) is 10.4. The van der Waals surface area contributed by atoms with Crippen molar-refractivity contribution in [1.82, 2.24) is 15.0 Å². The standard InChI is InChI=1S/C12H15N5OS/c1-19-10-4-2-3-9(7-10)14-12(18)11-8-17(6-5-13)16-15-11/h2-4,7-8H,5-6,13H2,1H3,(H,14,18). The smallest absolute Gasteiger partial charge is 0.277 e. The van der Waals surface area contributed by atoms with E-state index in [1.165, 1.54) is 0 Å². The lowest BCUT2D eigenvalue weighted by Gasteiger charge is -2.04. The van der Waals surface area contributed by atoms with Crippen molar-refractivity contribution in [2.75, 3.05) is 18.1 Å². The van der Waals surface area contributed by atoms with Crippen LogP contribution >= 0.6 is 11.8 Å². The number of anilines is 1. The third-order valence-corrected chi connectivity index (χ3v) is 3.18. The van der Waals surface area contributed by atoms with Crippen LogP contribution in [0.3, 0.4) is 0 Å². The van der Waals surface area contributed by atoms with E-state index in [1.807, 2.05) is 30.5 Å². The van der Waals surface area contributed by atoms with Crippen molar-refractivity contribution in [1.29, 1.82) is 0 Å². The molecule has 0 bridgehead atoms. The Hall–Kier alpha value is -1.86. The zero-order valence-corrected chi connectivity index (χ0v) is 11.4. The van der Waals surface area contributed by atoms with Gasteiger partial charge in [-0.05, 0) is 24.5 Å². The molecular weight excluding hydrogens is 262 g/mol. The molecule has 1 amide bonds. The van der Waals surface area contributed by atoms with Crippen LogP contribution < -0.4 is 11.1 Å². The molecule has 2 aromatic rings. The molecule has 0 radical (unpaired) electrons. The number of aromatic nitrogens is 3. The lowest BCUT2D eigenvalue weighted by atomic mass is 10.3. The Bertz CT molecular complexity index is 569. The fourth-order valence-electron chi connectivity index (χ4n) is 1.54. The van der Waals surface area contributed by atoms with Gasteiger partial charge in [0.1, 0.15) is 0 Å². The van der Waals surface area contributed by atoms with Crippen LogP contribution in [0.5, 0.6) is 0 Å². The molecule has 0 aliphatic carbocycles. The van der Waals surface area contributed by atoms with Crippen molar-refractivity contribution in [3.05, 3.63) is 36.2 Å². The summed E-state index contributed by atoms with van der Waals surface area (Å²) in [6, 6.07) is 7.62. The maximum Gasteiger partial charge on any atom is 0.277 e. The number of carbonyl (C=O) groups excluding carboxylic acids is 1. The van der Waals surface area contributed by atoms with Gasteiger partial charge < -0.3 is 11.1 Å². The fourth-order valence-corrected chi connectivity index (χ4v) is 2.00. The van der Waals surface area contributed by atoms with Crippen LogP contribution in [-0.4, -0.2) is 33.7 Å². The van der Waals surface area contributed by atoms with Gasteiger partial charge in [-0.15, -0.1) is 16.9 Å². The van der Waals surface area contributed by atoms with E-state index in [1.54, 1.807) is 22.6 Å². The molecule has 0 aliphatic heterocycles. The van der Waals surface area contributed by atoms with Crippen LogP contribution in [0, 0.1) is 0 Å². The first kappa shape index (κ1) is 13.6. The van der Waals surface area contributed by atoms with Crippen molar-refractivity contribution in [3.8, 4) is 0 Å². The highest BCUT2D eigenvalue weighted by atomic mass is 32.2. The van der Waals surface area contributed by atoms with Crippen LogP contribution in [0.15, 0.2) is 35.4 Å². The fraction of sp³-hybridized carbons (Fsp3) is 0.250. The molecule has 0 aliphatic rings. The van der Waals surface area contributed by atoms with Gasteiger partial charge in [-0.3, -0.25) is 9.48 Å². The van der Waals surface area contributed by atoms with Gasteiger partial charge in [0.2, 0.25) is 0 Å². The first-order valence-electron chi connectivity index (χ1n) is 5.78. The van der Waals surface area contributed by atoms with E-state index in [0.717, 1.165) is 10.6 Å². The first-order chi connectivity index (χ1) is 9.22. The predicted octanol–water partition coefficient (Wildman–Crippen LogP) is 1.21. The average molecular weight is 277 g/mol. The minimum absolute atomic E-state index is 0.276. The number of rotatable bonds is 5. The van der Waals surface area contributed by atoms with Gasteiger partial charge in [0.15, 0.2) is 5.69 Å². The van der Waals surface area contributed by atoms with E-state index in [-0.39, 0.29) is 11.6 Å². The highest BCUT2D eigenvalue weighted by Gasteiger charge is 2.10. The van der Waals surface area contributed by atoms with Crippen LogP contribution in [0.1, 0.15) is 10.5 Å². The molecule has 2 rings (SSSR count). The first-order valence-corrected chi connectivity index (χ1v) is 7.01. The molecule has 1 aromatic heterocycles. The van der Waals surface area contributed by atoms with E-state index in [2.05, 4.69) is 15.6 Å². The minimum atomic E-state index is -0.276. The Morgan fingerprint density at radius 1 is 1.53 bits per heavy atom. The lowest BCUT2D eigenvalue weighted by molar-refractivity contribution is 0.102. The molecule has 0 unspecified atom stereocenters. The summed E-state index contributed by atoms with van der Waals surface area (Å²) < 4.78 is 1.55. The number of hydrogen-bond donors (Lipinski definition) is 2. The summed E-state index contributed by atoms with van der Waals surface area (Å²) in [4.78, 5) is 13.1. The van der Waals surface area contributed by atoms with Gasteiger partial charge in [-0.2, -0.15) is 0 Å². The monoisotopic (exact) mass is 277 g/mol. The largest absolute Gasteiger partial charge is 0.329 e. The molecule has 0 atom stereocenters. The molecule has 0 fully saturated rings. The average Bonchev–Trinajstić information content (AvgIpc) is 2.88. The third-order valence-electron chi connectivity index (χ3n) is 2.46. The van der Waals surface area contributed by atoms with Crippen LogP contribution in [0.4, 0.5) is 5.69 Å². The lowest BCUT2D eigenvalue weighted by Crippen LogP contribution is -2.12. The van der Waals surface area contributed by atoms with Gasteiger partial charge >= 0.3 is 0 Å². The second kappa shape index (κ2) is 6.35. The Kier molecular flexibility index (Phi) is 4.53. The highest BCUT2D eigenvalue weighted by molar-refractivity contribution is 7.98. The summed E-state index contributed by atoms with van der Waals surface area (Å²) in [5.74, 6) is -0.276. The van der Waals surface area contributed by atoms with Gasteiger partial charge in [-0.25, -0.2) is 0 Å². The highest BCUT2D eigenvalue weighted by Crippen LogP contribution is 2.19. The number of nitrogens with zero attached hydrogens (tertiary/aromatic N) is 3. The number of benzene rings is 1. The summed E-state index contributed by atoms with van der Waals surface area (Å²) in [7, 11) is 0. The summed E-state index contributed by atoms with van der Waals surface area (Å²) in [5, 5.41) is 10.4. The molecule has 0 saturated carbocycles. The summed E-state index contributed by atoms with van der Waals surface area (Å²) >= 11 is 1.62. The second-order valence-electron chi connectivity index (χ2n) is 3.84. The molecule has 0 saturated heterocycles. The molecular formula is C12H15N5OS. The zero-order chi connectivity index (χ0) is 13.7. The number of nitrogens with one attached hydrogen (secondary N) is 1. The number of nitrogens with two attached hydrogens (primary N) is 1. The Morgan fingerprint density at radius 3 is 3.11 bits per heavy atom. The Labute approximate surface area is 115 Å². The molecule has 19 heavy (non-hydrogen) atoms. The molecule has 7 heteroatoms. The van der Waals surface area contributed by atoms with Crippen molar-refractivity contribution < 1.29 is 4.79 Å². The van der Waals surface area contributed by atoms with E-state index in [4.69, 9.17) is 5.73 Å². The molecule has 6 nitrogen and oxygen atoms in total. The third kappa shape index (κ3) is 3.55. The summed E-state index contributed by atoms with van der Waals surface area (Å²) in [5.41, 5.74) is 6.43. The SMILES string of the molecule is CSc1cccc(NC(=O)c2cn(CCN)nn2)c1. The summed E-state index contributed by atoms with van der Waals surface area (Å²) in [6.45, 7) is 1.00. The molecule has 0 spiro atoms. The van der Waals surface area contributed by atoms with Crippen molar-refractivity contribution in [2.45, 2.75) is 11.4 Å². The maximum atomic E-state index is 12.0. The number of thioether (sulfide) groups is 1. The number of amides is 1. The topological polar surface area (TPSA) is 85.8 Å². The van der Waals surface area contributed by atoms with Gasteiger partial charge in [0.25, 0.3) is 5.91 Å². The molecule has 100 valence electrons.